The first-order valence-electron chi connectivity index (χ1n) is 8.39. The van der Waals surface area contributed by atoms with Crippen LogP contribution in [0.4, 0.5) is 10.1 Å². The van der Waals surface area contributed by atoms with Gasteiger partial charge in [0.2, 0.25) is 0 Å². The highest BCUT2D eigenvalue weighted by atomic mass is 19.1. The van der Waals surface area contributed by atoms with Crippen molar-refractivity contribution in [3.8, 4) is 0 Å². The molecule has 3 aromatic rings. The van der Waals surface area contributed by atoms with E-state index in [1.807, 2.05) is 13.0 Å². The normalized spacial score (nSPS) is 10.3. The van der Waals surface area contributed by atoms with Crippen LogP contribution >= 0.6 is 0 Å². The van der Waals surface area contributed by atoms with Gasteiger partial charge in [-0.15, -0.1) is 0 Å². The third-order valence-corrected chi connectivity index (χ3v) is 3.89. The average molecular weight is 363 g/mol. The maximum absolute atomic E-state index is 12.9. The molecule has 6 heteroatoms. The van der Waals surface area contributed by atoms with Gasteiger partial charge in [0.15, 0.2) is 0 Å². The molecule has 3 rings (SSSR count). The standard InChI is InChI=1S/C21H18FN3O2/c1-14-3-2-4-19(24-14)21(27)25-18-11-7-16(8-12-18)20(26)23-13-15-5-9-17(22)10-6-15/h2-12H,13H2,1H3,(H,23,26)(H,25,27). The summed E-state index contributed by atoms with van der Waals surface area (Å²) in [4.78, 5) is 28.6. The van der Waals surface area contributed by atoms with Gasteiger partial charge in [-0.2, -0.15) is 0 Å². The molecule has 5 nitrogen and oxygen atoms in total. The minimum absolute atomic E-state index is 0.252. The van der Waals surface area contributed by atoms with Gasteiger partial charge < -0.3 is 10.6 Å². The number of amides is 2. The van der Waals surface area contributed by atoms with Crippen molar-refractivity contribution in [3.63, 3.8) is 0 Å². The van der Waals surface area contributed by atoms with Gasteiger partial charge in [0, 0.05) is 23.5 Å². The lowest BCUT2D eigenvalue weighted by molar-refractivity contribution is 0.0950. The number of nitrogens with zero attached hydrogens (tertiary/aromatic N) is 1. The topological polar surface area (TPSA) is 71.1 Å². The second-order valence-electron chi connectivity index (χ2n) is 6.00. The molecule has 1 aromatic heterocycles. The minimum atomic E-state index is -0.316. The Morgan fingerprint density at radius 1 is 0.926 bits per heavy atom. The Labute approximate surface area is 156 Å². The van der Waals surface area contributed by atoms with E-state index in [1.54, 1.807) is 48.5 Å². The molecule has 136 valence electrons. The zero-order valence-electron chi connectivity index (χ0n) is 14.7. The molecule has 0 atom stereocenters. The Morgan fingerprint density at radius 3 is 2.30 bits per heavy atom. The molecule has 0 spiro atoms. The Kier molecular flexibility index (Phi) is 5.56. The van der Waals surface area contributed by atoms with E-state index in [1.165, 1.54) is 12.1 Å². The molecular weight excluding hydrogens is 345 g/mol. The average Bonchev–Trinajstić information content (AvgIpc) is 2.68. The predicted molar refractivity (Wildman–Crippen MR) is 101 cm³/mol. The van der Waals surface area contributed by atoms with E-state index < -0.39 is 0 Å². The van der Waals surface area contributed by atoms with E-state index >= 15 is 0 Å². The third-order valence-electron chi connectivity index (χ3n) is 3.89. The van der Waals surface area contributed by atoms with Gasteiger partial charge in [0.05, 0.1) is 0 Å². The highest BCUT2D eigenvalue weighted by Gasteiger charge is 2.09. The SMILES string of the molecule is Cc1cccc(C(=O)Nc2ccc(C(=O)NCc3ccc(F)cc3)cc2)n1. The van der Waals surface area contributed by atoms with Gasteiger partial charge in [-0.25, -0.2) is 9.37 Å². The fourth-order valence-electron chi connectivity index (χ4n) is 2.46. The van der Waals surface area contributed by atoms with Gasteiger partial charge >= 0.3 is 0 Å². The zero-order valence-corrected chi connectivity index (χ0v) is 14.7. The lowest BCUT2D eigenvalue weighted by atomic mass is 10.1. The number of carbonyl (C=O) groups is 2. The molecular formula is C21H18FN3O2. The van der Waals surface area contributed by atoms with Gasteiger partial charge in [-0.1, -0.05) is 18.2 Å². The summed E-state index contributed by atoms with van der Waals surface area (Å²) in [6.07, 6.45) is 0. The van der Waals surface area contributed by atoms with E-state index in [9.17, 15) is 14.0 Å². The number of carbonyl (C=O) groups excluding carboxylic acids is 2. The number of hydrogen-bond donors (Lipinski definition) is 2. The molecule has 0 aliphatic rings. The number of anilines is 1. The molecule has 0 aliphatic heterocycles. The van der Waals surface area contributed by atoms with E-state index in [2.05, 4.69) is 15.6 Å². The van der Waals surface area contributed by atoms with Gasteiger partial charge in [-0.05, 0) is 61.0 Å². The summed E-state index contributed by atoms with van der Waals surface area (Å²) in [7, 11) is 0. The summed E-state index contributed by atoms with van der Waals surface area (Å²) in [6, 6.07) is 17.7. The predicted octanol–water partition coefficient (Wildman–Crippen LogP) is 3.71. The molecule has 1 heterocycles. The van der Waals surface area contributed by atoms with Crippen molar-refractivity contribution in [2.24, 2.45) is 0 Å². The molecule has 0 saturated heterocycles. The quantitative estimate of drug-likeness (QED) is 0.726. The van der Waals surface area contributed by atoms with Crippen molar-refractivity contribution in [2.75, 3.05) is 5.32 Å². The van der Waals surface area contributed by atoms with Crippen LogP contribution in [0.3, 0.4) is 0 Å². The number of nitrogens with one attached hydrogen (secondary N) is 2. The van der Waals surface area contributed by atoms with Crippen molar-refractivity contribution < 1.29 is 14.0 Å². The molecule has 27 heavy (non-hydrogen) atoms. The highest BCUT2D eigenvalue weighted by molar-refractivity contribution is 6.03. The first-order chi connectivity index (χ1) is 13.0. The number of aromatic nitrogens is 1. The van der Waals surface area contributed by atoms with Crippen molar-refractivity contribution in [3.05, 3.63) is 95.1 Å². The molecule has 0 fully saturated rings. The number of halogens is 1. The molecule has 0 radical (unpaired) electrons. The minimum Gasteiger partial charge on any atom is -0.348 e. The second-order valence-corrected chi connectivity index (χ2v) is 6.00. The summed E-state index contributed by atoms with van der Waals surface area (Å²) in [5, 5.41) is 5.51. The number of hydrogen-bond acceptors (Lipinski definition) is 3. The molecule has 2 amide bonds. The van der Waals surface area contributed by atoms with Gasteiger partial charge in [0.1, 0.15) is 11.5 Å². The van der Waals surface area contributed by atoms with Crippen LogP contribution in [0.2, 0.25) is 0 Å². The molecule has 0 bridgehead atoms. The first kappa shape index (κ1) is 18.3. The van der Waals surface area contributed by atoms with E-state index in [0.29, 0.717) is 23.5 Å². The van der Waals surface area contributed by atoms with Crippen molar-refractivity contribution in [1.29, 1.82) is 0 Å². The van der Waals surface area contributed by atoms with Crippen LogP contribution in [0, 0.1) is 12.7 Å². The maximum atomic E-state index is 12.9. The number of aryl methyl sites for hydroxylation is 1. The second kappa shape index (κ2) is 8.23. The largest absolute Gasteiger partial charge is 0.348 e. The third kappa shape index (κ3) is 4.98. The van der Waals surface area contributed by atoms with Gasteiger partial charge in [0.25, 0.3) is 11.8 Å². The van der Waals surface area contributed by atoms with Crippen molar-refractivity contribution in [1.82, 2.24) is 10.3 Å². The molecule has 0 unspecified atom stereocenters. The Morgan fingerprint density at radius 2 is 1.63 bits per heavy atom. The number of pyridine rings is 1. The van der Waals surface area contributed by atoms with Crippen LogP contribution in [-0.4, -0.2) is 16.8 Å². The monoisotopic (exact) mass is 363 g/mol. The zero-order chi connectivity index (χ0) is 19.2. The number of benzene rings is 2. The Bertz CT molecular complexity index is 954. The van der Waals surface area contributed by atoms with Crippen molar-refractivity contribution in [2.45, 2.75) is 13.5 Å². The summed E-state index contributed by atoms with van der Waals surface area (Å²) in [5.74, 6) is -0.881. The Hall–Kier alpha value is -3.54. The van der Waals surface area contributed by atoms with Crippen LogP contribution in [0.25, 0.3) is 0 Å². The summed E-state index contributed by atoms with van der Waals surface area (Å²) in [6.45, 7) is 2.12. The summed E-state index contributed by atoms with van der Waals surface area (Å²) >= 11 is 0. The maximum Gasteiger partial charge on any atom is 0.274 e. The molecule has 0 aliphatic carbocycles. The van der Waals surface area contributed by atoms with Crippen LogP contribution in [-0.2, 0) is 6.54 Å². The lowest BCUT2D eigenvalue weighted by Gasteiger charge is -2.08. The van der Waals surface area contributed by atoms with E-state index in [4.69, 9.17) is 0 Å². The summed E-state index contributed by atoms with van der Waals surface area (Å²) < 4.78 is 12.9. The smallest absolute Gasteiger partial charge is 0.274 e. The lowest BCUT2D eigenvalue weighted by Crippen LogP contribution is -2.22. The van der Waals surface area contributed by atoms with Crippen LogP contribution in [0.1, 0.15) is 32.1 Å². The highest BCUT2D eigenvalue weighted by Crippen LogP contribution is 2.12. The molecule has 2 aromatic carbocycles. The molecule has 0 saturated carbocycles. The number of rotatable bonds is 5. The van der Waals surface area contributed by atoms with Crippen LogP contribution in [0.15, 0.2) is 66.7 Å². The van der Waals surface area contributed by atoms with E-state index in [-0.39, 0.29) is 17.6 Å². The first-order valence-corrected chi connectivity index (χ1v) is 8.39. The van der Waals surface area contributed by atoms with Crippen LogP contribution < -0.4 is 10.6 Å². The molecule has 2 N–H and O–H groups in total. The van der Waals surface area contributed by atoms with Crippen LogP contribution in [0.5, 0.6) is 0 Å². The van der Waals surface area contributed by atoms with E-state index in [0.717, 1.165) is 11.3 Å². The van der Waals surface area contributed by atoms with Crippen molar-refractivity contribution >= 4 is 17.5 Å². The fraction of sp³-hybridized carbons (Fsp3) is 0.0952. The summed E-state index contributed by atoms with van der Waals surface area (Å²) in [5.41, 5.74) is 2.92. The Balaban J connectivity index is 1.58. The fourth-order valence-corrected chi connectivity index (χ4v) is 2.46. The van der Waals surface area contributed by atoms with Gasteiger partial charge in [-0.3, -0.25) is 9.59 Å².